The Hall–Kier alpha value is -3.09. The number of carbonyl (C=O) groups is 2. The second-order valence-electron chi connectivity index (χ2n) is 6.74. The zero-order valence-electron chi connectivity index (χ0n) is 15.1. The van der Waals surface area contributed by atoms with Gasteiger partial charge in [-0.1, -0.05) is 0 Å². The van der Waals surface area contributed by atoms with Crippen LogP contribution >= 0.6 is 0 Å². The number of aromatic nitrogens is 1. The van der Waals surface area contributed by atoms with Gasteiger partial charge in [0, 0.05) is 37.1 Å². The van der Waals surface area contributed by atoms with E-state index in [2.05, 4.69) is 10.3 Å². The molecule has 2 amide bonds. The molecule has 0 bridgehead atoms. The fourth-order valence-electron chi connectivity index (χ4n) is 3.40. The highest BCUT2D eigenvalue weighted by molar-refractivity contribution is 6.00. The summed E-state index contributed by atoms with van der Waals surface area (Å²) < 4.78 is 11.1. The standard InChI is InChI=1S/C20H21N3O4/c1-13(14-4-6-21-7-5-14)22-20(25)15-10-19(24)23(12-15)16-2-3-17-18(11-16)27-9-8-26-17/h2-7,11,13,15H,8-10,12H2,1H3,(H,22,25)/t13-,15-/m1/s1. The van der Waals surface area contributed by atoms with E-state index in [0.29, 0.717) is 31.3 Å². The molecule has 3 heterocycles. The molecule has 2 aliphatic rings. The highest BCUT2D eigenvalue weighted by atomic mass is 16.6. The quantitative estimate of drug-likeness (QED) is 0.895. The van der Waals surface area contributed by atoms with Gasteiger partial charge in [0.25, 0.3) is 0 Å². The molecular weight excluding hydrogens is 346 g/mol. The fourth-order valence-corrected chi connectivity index (χ4v) is 3.40. The van der Waals surface area contributed by atoms with Crippen molar-refractivity contribution in [1.29, 1.82) is 0 Å². The van der Waals surface area contributed by atoms with Crippen molar-refractivity contribution in [3.63, 3.8) is 0 Å². The van der Waals surface area contributed by atoms with Crippen LogP contribution in [-0.4, -0.2) is 36.6 Å². The van der Waals surface area contributed by atoms with Crippen molar-refractivity contribution in [3.8, 4) is 11.5 Å². The lowest BCUT2D eigenvalue weighted by Gasteiger charge is -2.22. The minimum Gasteiger partial charge on any atom is -0.486 e. The van der Waals surface area contributed by atoms with Crippen molar-refractivity contribution in [3.05, 3.63) is 48.3 Å². The molecule has 27 heavy (non-hydrogen) atoms. The number of nitrogens with zero attached hydrogens (tertiary/aromatic N) is 2. The lowest BCUT2D eigenvalue weighted by atomic mass is 10.1. The number of nitrogens with one attached hydrogen (secondary N) is 1. The molecule has 140 valence electrons. The van der Waals surface area contributed by atoms with Crippen molar-refractivity contribution in [2.45, 2.75) is 19.4 Å². The number of anilines is 1. The average molecular weight is 367 g/mol. The molecular formula is C20H21N3O4. The lowest BCUT2D eigenvalue weighted by molar-refractivity contribution is -0.126. The fraction of sp³-hybridized carbons (Fsp3) is 0.350. The van der Waals surface area contributed by atoms with E-state index in [1.54, 1.807) is 29.4 Å². The lowest BCUT2D eigenvalue weighted by Crippen LogP contribution is -2.34. The summed E-state index contributed by atoms with van der Waals surface area (Å²) in [5, 5.41) is 2.99. The second-order valence-corrected chi connectivity index (χ2v) is 6.74. The van der Waals surface area contributed by atoms with Gasteiger partial charge in [0.2, 0.25) is 11.8 Å². The summed E-state index contributed by atoms with van der Waals surface area (Å²) in [5.41, 5.74) is 1.70. The molecule has 0 radical (unpaired) electrons. The van der Waals surface area contributed by atoms with Gasteiger partial charge in [-0.25, -0.2) is 0 Å². The van der Waals surface area contributed by atoms with Gasteiger partial charge in [-0.3, -0.25) is 14.6 Å². The van der Waals surface area contributed by atoms with Gasteiger partial charge in [-0.2, -0.15) is 0 Å². The molecule has 0 aliphatic carbocycles. The molecule has 1 aromatic carbocycles. The van der Waals surface area contributed by atoms with Gasteiger partial charge in [-0.15, -0.1) is 0 Å². The van der Waals surface area contributed by atoms with Crippen molar-refractivity contribution in [2.75, 3.05) is 24.7 Å². The van der Waals surface area contributed by atoms with Crippen LogP contribution in [0.15, 0.2) is 42.7 Å². The number of hydrogen-bond acceptors (Lipinski definition) is 5. The van der Waals surface area contributed by atoms with Gasteiger partial charge >= 0.3 is 0 Å². The smallest absolute Gasteiger partial charge is 0.227 e. The van der Waals surface area contributed by atoms with Crippen LogP contribution in [-0.2, 0) is 9.59 Å². The van der Waals surface area contributed by atoms with E-state index in [4.69, 9.17) is 9.47 Å². The first kappa shape index (κ1) is 17.3. The van der Waals surface area contributed by atoms with Crippen LogP contribution in [0.3, 0.4) is 0 Å². The number of amides is 2. The van der Waals surface area contributed by atoms with Crippen LogP contribution in [0, 0.1) is 5.92 Å². The summed E-state index contributed by atoms with van der Waals surface area (Å²) in [6.45, 7) is 3.28. The van der Waals surface area contributed by atoms with Gasteiger partial charge in [-0.05, 0) is 36.8 Å². The number of benzene rings is 1. The van der Waals surface area contributed by atoms with Crippen LogP contribution in [0.4, 0.5) is 5.69 Å². The third-order valence-electron chi connectivity index (χ3n) is 4.90. The SMILES string of the molecule is C[C@@H](NC(=O)[C@@H]1CC(=O)N(c2ccc3c(c2)OCCO3)C1)c1ccncc1. The van der Waals surface area contributed by atoms with E-state index in [1.807, 2.05) is 25.1 Å². The van der Waals surface area contributed by atoms with Crippen LogP contribution in [0.1, 0.15) is 24.9 Å². The largest absolute Gasteiger partial charge is 0.486 e. The summed E-state index contributed by atoms with van der Waals surface area (Å²) in [6.07, 6.45) is 3.59. The normalized spacial score (nSPS) is 19.7. The predicted molar refractivity (Wildman–Crippen MR) is 98.7 cm³/mol. The topological polar surface area (TPSA) is 80.8 Å². The molecule has 0 saturated carbocycles. The molecule has 0 spiro atoms. The molecule has 1 N–H and O–H groups in total. The third kappa shape index (κ3) is 3.58. The van der Waals surface area contributed by atoms with E-state index < -0.39 is 0 Å². The Morgan fingerprint density at radius 2 is 1.93 bits per heavy atom. The molecule has 2 aliphatic heterocycles. The number of carbonyl (C=O) groups excluding carboxylic acids is 2. The summed E-state index contributed by atoms with van der Waals surface area (Å²) in [4.78, 5) is 30.7. The van der Waals surface area contributed by atoms with Crippen molar-refractivity contribution < 1.29 is 19.1 Å². The molecule has 4 rings (SSSR count). The number of hydrogen-bond donors (Lipinski definition) is 1. The number of pyridine rings is 1. The van der Waals surface area contributed by atoms with Gasteiger partial charge < -0.3 is 19.7 Å². The first-order chi connectivity index (χ1) is 13.1. The molecule has 2 atom stereocenters. The first-order valence-corrected chi connectivity index (χ1v) is 9.02. The molecule has 2 aromatic rings. The Bertz CT molecular complexity index is 856. The molecule has 1 saturated heterocycles. The number of fused-ring (bicyclic) bond motifs is 1. The maximum absolute atomic E-state index is 12.6. The van der Waals surface area contributed by atoms with E-state index in [-0.39, 0.29) is 30.2 Å². The van der Waals surface area contributed by atoms with Crippen LogP contribution in [0.25, 0.3) is 0 Å². The Morgan fingerprint density at radius 1 is 1.19 bits per heavy atom. The highest BCUT2D eigenvalue weighted by Crippen LogP contribution is 2.36. The van der Waals surface area contributed by atoms with Gasteiger partial charge in [0.05, 0.1) is 12.0 Å². The minimum absolute atomic E-state index is 0.0663. The van der Waals surface area contributed by atoms with E-state index in [9.17, 15) is 9.59 Å². The molecule has 0 unspecified atom stereocenters. The Morgan fingerprint density at radius 3 is 2.70 bits per heavy atom. The third-order valence-corrected chi connectivity index (χ3v) is 4.90. The van der Waals surface area contributed by atoms with E-state index in [1.165, 1.54) is 0 Å². The summed E-state index contributed by atoms with van der Waals surface area (Å²) in [5.74, 6) is 0.744. The summed E-state index contributed by atoms with van der Waals surface area (Å²) in [7, 11) is 0. The van der Waals surface area contributed by atoms with Crippen LogP contribution in [0.2, 0.25) is 0 Å². The monoisotopic (exact) mass is 367 g/mol. The predicted octanol–water partition coefficient (Wildman–Crippen LogP) is 2.08. The zero-order chi connectivity index (χ0) is 18.8. The van der Waals surface area contributed by atoms with E-state index >= 15 is 0 Å². The van der Waals surface area contributed by atoms with Crippen molar-refractivity contribution >= 4 is 17.5 Å². The van der Waals surface area contributed by atoms with Gasteiger partial charge in [0.15, 0.2) is 11.5 Å². The molecule has 1 fully saturated rings. The van der Waals surface area contributed by atoms with Gasteiger partial charge in [0.1, 0.15) is 13.2 Å². The van der Waals surface area contributed by atoms with Crippen LogP contribution < -0.4 is 19.7 Å². The minimum atomic E-state index is -0.380. The zero-order valence-corrected chi connectivity index (χ0v) is 15.1. The van der Waals surface area contributed by atoms with Crippen molar-refractivity contribution in [2.24, 2.45) is 5.92 Å². The Kier molecular flexibility index (Phi) is 4.66. The average Bonchev–Trinajstić information content (AvgIpc) is 3.10. The first-order valence-electron chi connectivity index (χ1n) is 9.02. The summed E-state index contributed by atoms with van der Waals surface area (Å²) >= 11 is 0. The summed E-state index contributed by atoms with van der Waals surface area (Å²) in [6, 6.07) is 9.02. The highest BCUT2D eigenvalue weighted by Gasteiger charge is 2.36. The second kappa shape index (κ2) is 7.26. The molecule has 1 aromatic heterocycles. The number of rotatable bonds is 4. The van der Waals surface area contributed by atoms with Crippen LogP contribution in [0.5, 0.6) is 11.5 Å². The maximum atomic E-state index is 12.6. The molecule has 7 nitrogen and oxygen atoms in total. The number of ether oxygens (including phenoxy) is 2. The Labute approximate surface area is 157 Å². The van der Waals surface area contributed by atoms with E-state index in [0.717, 1.165) is 11.3 Å². The Balaban J connectivity index is 1.43. The van der Waals surface area contributed by atoms with Crippen molar-refractivity contribution in [1.82, 2.24) is 10.3 Å². The maximum Gasteiger partial charge on any atom is 0.227 e. The molecule has 7 heteroatoms.